The Kier molecular flexibility index (Phi) is 3.21. The lowest BCUT2D eigenvalue weighted by Gasteiger charge is -1.99. The van der Waals surface area contributed by atoms with E-state index in [0.717, 1.165) is 6.07 Å². The molecule has 4 heteroatoms. The van der Waals surface area contributed by atoms with Gasteiger partial charge in [0.1, 0.15) is 18.0 Å². The highest BCUT2D eigenvalue weighted by atomic mass is 19.1. The van der Waals surface area contributed by atoms with Crippen LogP contribution in [0.25, 0.3) is 0 Å². The molecule has 0 fully saturated rings. The maximum Gasteiger partial charge on any atom is 0.339 e. The Balaban J connectivity index is 3.28. The number of hydrogen-bond donors (Lipinski definition) is 2. The lowest BCUT2D eigenvalue weighted by molar-refractivity contribution is 0.0691. The van der Waals surface area contributed by atoms with Gasteiger partial charge in [-0.25, -0.2) is 9.18 Å². The predicted octanol–water partition coefficient (Wildman–Crippen LogP) is 0.868. The molecule has 0 heterocycles. The fourth-order valence-corrected chi connectivity index (χ4v) is 0.980. The third-order valence-electron chi connectivity index (χ3n) is 1.53. The Labute approximate surface area is 79.8 Å². The first-order chi connectivity index (χ1) is 6.66. The van der Waals surface area contributed by atoms with Crippen LogP contribution in [0.4, 0.5) is 4.39 Å². The molecular weight excluding hydrogens is 187 g/mol. The molecule has 0 bridgehead atoms. The van der Waals surface area contributed by atoms with E-state index in [2.05, 4.69) is 11.8 Å². The number of carboxylic acid groups (broad SMARTS) is 1. The molecule has 1 rings (SSSR count). The van der Waals surface area contributed by atoms with Crippen LogP contribution in [0.2, 0.25) is 0 Å². The van der Waals surface area contributed by atoms with Crippen molar-refractivity contribution in [1.82, 2.24) is 0 Å². The molecule has 2 N–H and O–H groups in total. The van der Waals surface area contributed by atoms with E-state index in [-0.39, 0.29) is 5.56 Å². The summed E-state index contributed by atoms with van der Waals surface area (Å²) in [6, 6.07) is 3.80. The topological polar surface area (TPSA) is 57.5 Å². The van der Waals surface area contributed by atoms with E-state index in [9.17, 15) is 9.18 Å². The molecule has 3 nitrogen and oxygen atoms in total. The number of halogens is 1. The van der Waals surface area contributed by atoms with Gasteiger partial charge >= 0.3 is 5.97 Å². The molecule has 0 amide bonds. The summed E-state index contributed by atoms with van der Waals surface area (Å²) in [4.78, 5) is 10.6. The van der Waals surface area contributed by atoms with E-state index in [1.54, 1.807) is 0 Å². The minimum Gasteiger partial charge on any atom is -0.478 e. The largest absolute Gasteiger partial charge is 0.478 e. The van der Waals surface area contributed by atoms with Gasteiger partial charge in [-0.3, -0.25) is 0 Å². The molecule has 0 aromatic heterocycles. The zero-order valence-electron chi connectivity index (χ0n) is 7.12. The van der Waals surface area contributed by atoms with Gasteiger partial charge in [-0.05, 0) is 12.1 Å². The highest BCUT2D eigenvalue weighted by Crippen LogP contribution is 2.12. The number of rotatable bonds is 1. The first kappa shape index (κ1) is 10.2. The SMILES string of the molecule is O=C(O)c1c(F)cccc1C#CCO. The summed E-state index contributed by atoms with van der Waals surface area (Å²) in [5.41, 5.74) is -0.403. The first-order valence-corrected chi connectivity index (χ1v) is 3.78. The van der Waals surface area contributed by atoms with Crippen LogP contribution in [0.5, 0.6) is 0 Å². The zero-order chi connectivity index (χ0) is 10.6. The smallest absolute Gasteiger partial charge is 0.339 e. The molecule has 0 unspecified atom stereocenters. The Bertz CT molecular complexity index is 415. The molecule has 0 saturated carbocycles. The van der Waals surface area contributed by atoms with Crippen LogP contribution >= 0.6 is 0 Å². The molecule has 1 aromatic rings. The van der Waals surface area contributed by atoms with Gasteiger partial charge in [-0.2, -0.15) is 0 Å². The monoisotopic (exact) mass is 194 g/mol. The second-order valence-corrected chi connectivity index (χ2v) is 2.43. The van der Waals surface area contributed by atoms with Crippen molar-refractivity contribution in [3.63, 3.8) is 0 Å². The molecular formula is C10H7FO3. The molecule has 0 radical (unpaired) electrons. The number of aliphatic hydroxyl groups excluding tert-OH is 1. The number of benzene rings is 1. The van der Waals surface area contributed by atoms with E-state index in [1.807, 2.05) is 0 Å². The van der Waals surface area contributed by atoms with Gasteiger partial charge in [0.2, 0.25) is 0 Å². The minimum atomic E-state index is -1.37. The van der Waals surface area contributed by atoms with Crippen LogP contribution in [0.1, 0.15) is 15.9 Å². The second kappa shape index (κ2) is 4.40. The highest BCUT2D eigenvalue weighted by Gasteiger charge is 2.13. The summed E-state index contributed by atoms with van der Waals surface area (Å²) in [5, 5.41) is 17.1. The third kappa shape index (κ3) is 2.09. The number of hydrogen-bond acceptors (Lipinski definition) is 2. The first-order valence-electron chi connectivity index (χ1n) is 3.78. The molecule has 72 valence electrons. The molecule has 0 saturated heterocycles. The normalized spacial score (nSPS) is 9.00. The molecule has 0 aliphatic carbocycles. The minimum absolute atomic E-state index is 0.0616. The van der Waals surface area contributed by atoms with E-state index >= 15 is 0 Å². The second-order valence-electron chi connectivity index (χ2n) is 2.43. The van der Waals surface area contributed by atoms with Crippen molar-refractivity contribution >= 4 is 5.97 Å². The molecule has 14 heavy (non-hydrogen) atoms. The number of carboxylic acids is 1. The van der Waals surface area contributed by atoms with Crippen LogP contribution in [-0.4, -0.2) is 22.8 Å². The van der Waals surface area contributed by atoms with Crippen molar-refractivity contribution in [2.45, 2.75) is 0 Å². The average molecular weight is 194 g/mol. The predicted molar refractivity (Wildman–Crippen MR) is 47.3 cm³/mol. The van der Waals surface area contributed by atoms with E-state index in [0.29, 0.717) is 0 Å². The van der Waals surface area contributed by atoms with Crippen LogP contribution in [0.15, 0.2) is 18.2 Å². The Morgan fingerprint density at radius 2 is 2.21 bits per heavy atom. The molecule has 0 atom stereocenters. The summed E-state index contributed by atoms with van der Waals surface area (Å²) < 4.78 is 13.0. The zero-order valence-corrected chi connectivity index (χ0v) is 7.12. The molecule has 1 aromatic carbocycles. The quantitative estimate of drug-likeness (QED) is 0.652. The van der Waals surface area contributed by atoms with Crippen molar-refractivity contribution in [2.75, 3.05) is 6.61 Å². The van der Waals surface area contributed by atoms with Gasteiger partial charge in [0.05, 0.1) is 0 Å². The maximum atomic E-state index is 13.0. The van der Waals surface area contributed by atoms with E-state index in [4.69, 9.17) is 10.2 Å². The summed E-state index contributed by atoms with van der Waals surface area (Å²) >= 11 is 0. The summed E-state index contributed by atoms with van der Waals surface area (Å²) in [6.07, 6.45) is 0. The fourth-order valence-electron chi connectivity index (χ4n) is 0.980. The van der Waals surface area contributed by atoms with Gasteiger partial charge in [-0.15, -0.1) is 0 Å². The Hall–Kier alpha value is -1.86. The van der Waals surface area contributed by atoms with Crippen LogP contribution < -0.4 is 0 Å². The summed E-state index contributed by atoms with van der Waals surface area (Å²) in [5.74, 6) is 2.43. The van der Waals surface area contributed by atoms with Crippen LogP contribution in [-0.2, 0) is 0 Å². The fraction of sp³-hybridized carbons (Fsp3) is 0.100. The van der Waals surface area contributed by atoms with Crippen molar-refractivity contribution in [1.29, 1.82) is 0 Å². The van der Waals surface area contributed by atoms with Gasteiger partial charge in [-0.1, -0.05) is 17.9 Å². The summed E-state index contributed by atoms with van der Waals surface area (Å²) in [7, 11) is 0. The summed E-state index contributed by atoms with van der Waals surface area (Å²) in [6.45, 7) is -0.393. The van der Waals surface area contributed by atoms with Gasteiger partial charge in [0, 0.05) is 5.56 Å². The number of carbonyl (C=O) groups is 1. The highest BCUT2D eigenvalue weighted by molar-refractivity contribution is 5.91. The van der Waals surface area contributed by atoms with Gasteiger partial charge < -0.3 is 10.2 Å². The van der Waals surface area contributed by atoms with E-state index < -0.39 is 24.0 Å². The Morgan fingerprint density at radius 3 is 2.79 bits per heavy atom. The van der Waals surface area contributed by atoms with Crippen molar-refractivity contribution in [3.8, 4) is 11.8 Å². The lowest BCUT2D eigenvalue weighted by atomic mass is 10.1. The Morgan fingerprint density at radius 1 is 1.50 bits per heavy atom. The van der Waals surface area contributed by atoms with Gasteiger partial charge in [0.25, 0.3) is 0 Å². The molecule has 0 spiro atoms. The maximum absolute atomic E-state index is 13.0. The molecule has 0 aliphatic heterocycles. The average Bonchev–Trinajstić information content (AvgIpc) is 2.14. The standard InChI is InChI=1S/C10H7FO3/c11-8-5-1-3-7(4-2-6-12)9(8)10(13)14/h1,3,5,12H,6H2,(H,13,14). The lowest BCUT2D eigenvalue weighted by Crippen LogP contribution is -2.03. The van der Waals surface area contributed by atoms with Crippen molar-refractivity contribution < 1.29 is 19.4 Å². The molecule has 0 aliphatic rings. The van der Waals surface area contributed by atoms with Crippen LogP contribution in [0, 0.1) is 17.7 Å². The number of aliphatic hydroxyl groups is 1. The van der Waals surface area contributed by atoms with E-state index in [1.165, 1.54) is 12.1 Å². The van der Waals surface area contributed by atoms with Crippen molar-refractivity contribution in [2.24, 2.45) is 0 Å². The van der Waals surface area contributed by atoms with Crippen LogP contribution in [0.3, 0.4) is 0 Å². The van der Waals surface area contributed by atoms with Crippen molar-refractivity contribution in [3.05, 3.63) is 35.1 Å². The van der Waals surface area contributed by atoms with Gasteiger partial charge in [0.15, 0.2) is 0 Å². The third-order valence-corrected chi connectivity index (χ3v) is 1.53. The number of aromatic carboxylic acids is 1.